The first kappa shape index (κ1) is 16.4. The molecule has 0 radical (unpaired) electrons. The Hall–Kier alpha value is -2.08. The molecular formula is C19H22N4OS. The first-order valence-electron chi connectivity index (χ1n) is 8.80. The summed E-state index contributed by atoms with van der Waals surface area (Å²) >= 11 is 1.58. The molecule has 2 heterocycles. The molecule has 25 heavy (non-hydrogen) atoms. The minimum Gasteiger partial charge on any atom is -0.452 e. The lowest BCUT2D eigenvalue weighted by molar-refractivity contribution is 0.145. The summed E-state index contributed by atoms with van der Waals surface area (Å²) in [5.41, 5.74) is 4.21. The van der Waals surface area contributed by atoms with E-state index in [1.807, 2.05) is 18.2 Å². The van der Waals surface area contributed by atoms with Crippen molar-refractivity contribution in [2.75, 3.05) is 11.1 Å². The Balaban J connectivity index is 1.73. The minimum absolute atomic E-state index is 0.108. The molecule has 0 spiro atoms. The number of nitrogens with one attached hydrogen (secondary N) is 1. The number of aromatic nitrogens is 3. The van der Waals surface area contributed by atoms with E-state index in [2.05, 4.69) is 46.5 Å². The Morgan fingerprint density at radius 2 is 2.16 bits per heavy atom. The number of anilines is 1. The maximum absolute atomic E-state index is 6.33. The van der Waals surface area contributed by atoms with Gasteiger partial charge in [0.25, 0.3) is 0 Å². The molecule has 6 heteroatoms. The number of allylic oxidation sites excluding steroid dienone is 2. The SMILES string of the molecule is CCSc1nnc2c(n1)OC(C1CC=C(C)CC1)Nc1ccccc1-2. The number of para-hydroxylation sites is 1. The van der Waals surface area contributed by atoms with Crippen LogP contribution >= 0.6 is 11.8 Å². The molecule has 130 valence electrons. The Kier molecular flexibility index (Phi) is 4.61. The van der Waals surface area contributed by atoms with Crippen LogP contribution in [0.5, 0.6) is 5.88 Å². The van der Waals surface area contributed by atoms with Gasteiger partial charge in [0.1, 0.15) is 0 Å². The molecule has 2 aliphatic rings. The second-order valence-electron chi connectivity index (χ2n) is 6.49. The standard InChI is InChI=1S/C19H22N4OS/c1-3-25-19-21-18-16(22-23-19)14-6-4-5-7-15(14)20-17(24-18)13-10-8-12(2)9-11-13/h4-8,13,17,20H,3,9-11H2,1-2H3. The third-order valence-corrected chi connectivity index (χ3v) is 5.45. The van der Waals surface area contributed by atoms with Gasteiger partial charge >= 0.3 is 0 Å². The number of hydrogen-bond donors (Lipinski definition) is 1. The van der Waals surface area contributed by atoms with Crippen LogP contribution in [-0.2, 0) is 0 Å². The van der Waals surface area contributed by atoms with Crippen LogP contribution in [-0.4, -0.2) is 27.2 Å². The van der Waals surface area contributed by atoms with Gasteiger partial charge in [-0.15, -0.1) is 10.2 Å². The summed E-state index contributed by atoms with van der Waals surface area (Å²) in [4.78, 5) is 4.63. The van der Waals surface area contributed by atoms with E-state index in [9.17, 15) is 0 Å². The fraction of sp³-hybridized carbons (Fsp3) is 0.421. The highest BCUT2D eigenvalue weighted by Gasteiger charge is 2.30. The molecule has 1 N–H and O–H groups in total. The molecule has 1 aliphatic carbocycles. The highest BCUT2D eigenvalue weighted by Crippen LogP contribution is 2.39. The van der Waals surface area contributed by atoms with Gasteiger partial charge in [-0.1, -0.05) is 48.5 Å². The number of ether oxygens (including phenoxy) is 1. The second kappa shape index (κ2) is 7.04. The van der Waals surface area contributed by atoms with Gasteiger partial charge < -0.3 is 10.1 Å². The smallest absolute Gasteiger partial charge is 0.247 e. The van der Waals surface area contributed by atoms with E-state index in [4.69, 9.17) is 4.74 Å². The van der Waals surface area contributed by atoms with Gasteiger partial charge in [-0.25, -0.2) is 0 Å². The number of hydrogen-bond acceptors (Lipinski definition) is 6. The number of fused-ring (bicyclic) bond motifs is 3. The van der Waals surface area contributed by atoms with E-state index in [1.165, 1.54) is 5.57 Å². The first-order valence-corrected chi connectivity index (χ1v) is 9.79. The Bertz CT molecular complexity index is 808. The zero-order valence-electron chi connectivity index (χ0n) is 14.5. The molecular weight excluding hydrogens is 332 g/mol. The average molecular weight is 354 g/mol. The number of benzene rings is 1. The van der Waals surface area contributed by atoms with Gasteiger partial charge in [-0.2, -0.15) is 4.98 Å². The molecule has 2 atom stereocenters. The van der Waals surface area contributed by atoms with Crippen molar-refractivity contribution in [2.24, 2.45) is 5.92 Å². The van der Waals surface area contributed by atoms with Crippen molar-refractivity contribution in [1.29, 1.82) is 0 Å². The fourth-order valence-corrected chi connectivity index (χ4v) is 3.84. The van der Waals surface area contributed by atoms with Crippen molar-refractivity contribution >= 4 is 17.4 Å². The Labute approximate surface area is 152 Å². The van der Waals surface area contributed by atoms with Crippen LogP contribution in [0.15, 0.2) is 41.1 Å². The summed E-state index contributed by atoms with van der Waals surface area (Å²) in [6.45, 7) is 4.28. The lowest BCUT2D eigenvalue weighted by Crippen LogP contribution is -2.35. The van der Waals surface area contributed by atoms with Crippen LogP contribution in [0.2, 0.25) is 0 Å². The summed E-state index contributed by atoms with van der Waals surface area (Å²) in [5, 5.41) is 12.9. The number of nitrogens with zero attached hydrogens (tertiary/aromatic N) is 3. The lowest BCUT2D eigenvalue weighted by atomic mass is 9.89. The van der Waals surface area contributed by atoms with Crippen LogP contribution in [0.4, 0.5) is 5.69 Å². The Morgan fingerprint density at radius 1 is 1.28 bits per heavy atom. The van der Waals surface area contributed by atoms with E-state index in [1.54, 1.807) is 11.8 Å². The van der Waals surface area contributed by atoms with Crippen molar-refractivity contribution in [3.05, 3.63) is 35.9 Å². The van der Waals surface area contributed by atoms with E-state index in [0.29, 0.717) is 22.6 Å². The van der Waals surface area contributed by atoms with Crippen LogP contribution < -0.4 is 10.1 Å². The summed E-state index contributed by atoms with van der Waals surface area (Å²) < 4.78 is 6.33. The molecule has 2 unspecified atom stereocenters. The van der Waals surface area contributed by atoms with E-state index < -0.39 is 0 Å². The van der Waals surface area contributed by atoms with E-state index >= 15 is 0 Å². The van der Waals surface area contributed by atoms with Crippen molar-refractivity contribution in [1.82, 2.24) is 15.2 Å². The molecule has 5 nitrogen and oxygen atoms in total. The maximum Gasteiger partial charge on any atom is 0.247 e. The molecule has 0 saturated heterocycles. The normalized spacial score (nSPS) is 21.9. The predicted molar refractivity (Wildman–Crippen MR) is 101 cm³/mol. The van der Waals surface area contributed by atoms with Gasteiger partial charge in [0.15, 0.2) is 11.9 Å². The van der Waals surface area contributed by atoms with Crippen LogP contribution in [0.3, 0.4) is 0 Å². The largest absolute Gasteiger partial charge is 0.452 e. The summed E-state index contributed by atoms with van der Waals surface area (Å²) in [6.07, 6.45) is 5.48. The highest BCUT2D eigenvalue weighted by atomic mass is 32.2. The second-order valence-corrected chi connectivity index (χ2v) is 7.73. The lowest BCUT2D eigenvalue weighted by Gasteiger charge is -2.29. The number of rotatable bonds is 3. The average Bonchev–Trinajstić information content (AvgIpc) is 2.79. The summed E-state index contributed by atoms with van der Waals surface area (Å²) in [6, 6.07) is 8.15. The van der Waals surface area contributed by atoms with Gasteiger partial charge in [0.2, 0.25) is 11.0 Å². The molecule has 2 aromatic rings. The molecule has 1 aliphatic heterocycles. The van der Waals surface area contributed by atoms with Crippen molar-refractivity contribution in [3.8, 4) is 17.1 Å². The first-order chi connectivity index (χ1) is 12.2. The van der Waals surface area contributed by atoms with Crippen LogP contribution in [0.1, 0.15) is 33.1 Å². The van der Waals surface area contributed by atoms with Gasteiger partial charge in [0.05, 0.1) is 0 Å². The van der Waals surface area contributed by atoms with Gasteiger partial charge in [0, 0.05) is 17.2 Å². The third-order valence-electron chi connectivity index (χ3n) is 4.73. The predicted octanol–water partition coefficient (Wildman–Crippen LogP) is 4.53. The molecule has 1 aromatic carbocycles. The summed E-state index contributed by atoms with van der Waals surface area (Å²) in [5.74, 6) is 1.91. The van der Waals surface area contributed by atoms with Crippen LogP contribution in [0, 0.1) is 5.92 Å². The highest BCUT2D eigenvalue weighted by molar-refractivity contribution is 7.99. The monoisotopic (exact) mass is 354 g/mol. The zero-order valence-corrected chi connectivity index (χ0v) is 15.3. The van der Waals surface area contributed by atoms with E-state index in [-0.39, 0.29) is 6.23 Å². The third kappa shape index (κ3) is 3.35. The maximum atomic E-state index is 6.33. The minimum atomic E-state index is -0.108. The van der Waals surface area contributed by atoms with Crippen molar-refractivity contribution in [2.45, 2.75) is 44.5 Å². The fourth-order valence-electron chi connectivity index (χ4n) is 3.33. The molecule has 0 amide bonds. The van der Waals surface area contributed by atoms with Crippen LogP contribution in [0.25, 0.3) is 11.3 Å². The molecule has 0 bridgehead atoms. The van der Waals surface area contributed by atoms with Crippen molar-refractivity contribution in [3.63, 3.8) is 0 Å². The molecule has 0 saturated carbocycles. The van der Waals surface area contributed by atoms with E-state index in [0.717, 1.165) is 36.3 Å². The Morgan fingerprint density at radius 3 is 2.96 bits per heavy atom. The topological polar surface area (TPSA) is 59.9 Å². The summed E-state index contributed by atoms with van der Waals surface area (Å²) in [7, 11) is 0. The quantitative estimate of drug-likeness (QED) is 0.645. The molecule has 1 aromatic heterocycles. The van der Waals surface area contributed by atoms with Gasteiger partial charge in [-0.3, -0.25) is 0 Å². The van der Waals surface area contributed by atoms with Crippen molar-refractivity contribution < 1.29 is 4.74 Å². The number of thioether (sulfide) groups is 1. The zero-order chi connectivity index (χ0) is 17.2. The van der Waals surface area contributed by atoms with Gasteiger partial charge in [-0.05, 0) is 38.0 Å². The molecule has 4 rings (SSSR count). The molecule has 0 fully saturated rings.